The molecular weight excluding hydrogens is 354 g/mol. The van der Waals surface area contributed by atoms with Crippen molar-refractivity contribution in [3.05, 3.63) is 88.9 Å². The number of carbonyl (C=O) groups is 1. The highest BCUT2D eigenvalue weighted by molar-refractivity contribution is 9.10. The van der Waals surface area contributed by atoms with Crippen LogP contribution in [0.2, 0.25) is 0 Å². The minimum Gasteiger partial charge on any atom is -0.455 e. The fraction of sp³-hybridized carbons (Fsp3) is 0. The average Bonchev–Trinajstić information content (AvgIpc) is 2.58. The average molecular weight is 368 g/mol. The molecule has 3 aromatic carbocycles. The Labute approximate surface area is 143 Å². The Morgan fingerprint density at radius 2 is 1.48 bits per heavy atom. The van der Waals surface area contributed by atoms with E-state index < -0.39 is 0 Å². The van der Waals surface area contributed by atoms with Crippen molar-refractivity contribution in [2.75, 3.05) is 5.32 Å². The lowest BCUT2D eigenvalue weighted by Gasteiger charge is -2.12. The lowest BCUT2D eigenvalue weighted by Crippen LogP contribution is -2.12. The largest absolute Gasteiger partial charge is 0.455 e. The van der Waals surface area contributed by atoms with E-state index in [0.29, 0.717) is 17.0 Å². The molecule has 0 fully saturated rings. The quantitative estimate of drug-likeness (QED) is 0.661. The van der Waals surface area contributed by atoms with E-state index >= 15 is 0 Å². The molecule has 3 aromatic rings. The number of halogens is 1. The second kappa shape index (κ2) is 7.11. The molecule has 114 valence electrons. The lowest BCUT2D eigenvalue weighted by atomic mass is 10.2. The summed E-state index contributed by atoms with van der Waals surface area (Å²) in [6, 6.07) is 24.0. The lowest BCUT2D eigenvalue weighted by molar-refractivity contribution is 0.102. The first-order chi connectivity index (χ1) is 11.2. The molecule has 0 aliphatic heterocycles. The van der Waals surface area contributed by atoms with Crippen molar-refractivity contribution in [1.29, 1.82) is 0 Å². The van der Waals surface area contributed by atoms with E-state index in [1.807, 2.05) is 66.7 Å². The summed E-state index contributed by atoms with van der Waals surface area (Å²) < 4.78 is 6.78. The number of nitrogens with one attached hydrogen (secondary N) is 1. The van der Waals surface area contributed by atoms with Gasteiger partial charge in [0.1, 0.15) is 5.75 Å². The van der Waals surface area contributed by atoms with Crippen LogP contribution >= 0.6 is 15.9 Å². The Kier molecular flexibility index (Phi) is 4.74. The summed E-state index contributed by atoms with van der Waals surface area (Å²) in [6.45, 7) is 0. The molecule has 4 heteroatoms. The first-order valence-corrected chi connectivity index (χ1v) is 7.90. The summed E-state index contributed by atoms with van der Waals surface area (Å²) in [4.78, 5) is 12.3. The zero-order valence-electron chi connectivity index (χ0n) is 12.2. The molecule has 0 aliphatic carbocycles. The standard InChI is InChI=1S/C19H14BrNO2/c20-15-12-10-14(11-13-15)19(22)21-17-8-4-5-9-18(17)23-16-6-2-1-3-7-16/h1-13H,(H,21,22). The van der Waals surface area contributed by atoms with E-state index in [4.69, 9.17) is 4.74 Å². The third-order valence-electron chi connectivity index (χ3n) is 3.21. The monoisotopic (exact) mass is 367 g/mol. The summed E-state index contributed by atoms with van der Waals surface area (Å²) in [5.41, 5.74) is 1.21. The SMILES string of the molecule is O=C(Nc1ccccc1Oc1ccccc1)c1ccc(Br)cc1. The Bertz CT molecular complexity index is 801. The smallest absolute Gasteiger partial charge is 0.255 e. The predicted octanol–water partition coefficient (Wildman–Crippen LogP) is 5.49. The van der Waals surface area contributed by atoms with Crippen LogP contribution in [0.4, 0.5) is 5.69 Å². The Morgan fingerprint density at radius 3 is 2.22 bits per heavy atom. The summed E-state index contributed by atoms with van der Waals surface area (Å²) in [5, 5.41) is 2.89. The number of rotatable bonds is 4. The van der Waals surface area contributed by atoms with Gasteiger partial charge in [0.25, 0.3) is 5.91 Å². The number of amides is 1. The number of hydrogen-bond donors (Lipinski definition) is 1. The molecule has 1 N–H and O–H groups in total. The van der Waals surface area contributed by atoms with E-state index in [1.54, 1.807) is 12.1 Å². The summed E-state index contributed by atoms with van der Waals surface area (Å²) in [6.07, 6.45) is 0. The zero-order chi connectivity index (χ0) is 16.1. The molecule has 0 aromatic heterocycles. The van der Waals surface area contributed by atoms with Crippen LogP contribution in [0.1, 0.15) is 10.4 Å². The molecule has 0 bridgehead atoms. The topological polar surface area (TPSA) is 38.3 Å². The van der Waals surface area contributed by atoms with Gasteiger partial charge in [-0.15, -0.1) is 0 Å². The highest BCUT2D eigenvalue weighted by Gasteiger charge is 2.10. The van der Waals surface area contributed by atoms with Crippen LogP contribution in [-0.4, -0.2) is 5.91 Å². The minimum atomic E-state index is -0.179. The van der Waals surface area contributed by atoms with E-state index in [2.05, 4.69) is 21.2 Å². The molecule has 0 heterocycles. The van der Waals surface area contributed by atoms with Gasteiger partial charge in [-0.25, -0.2) is 0 Å². The summed E-state index contributed by atoms with van der Waals surface area (Å²) in [5.74, 6) is 1.14. The van der Waals surface area contributed by atoms with Gasteiger partial charge in [0.15, 0.2) is 5.75 Å². The van der Waals surface area contributed by atoms with Crippen molar-refractivity contribution in [3.8, 4) is 11.5 Å². The second-order valence-corrected chi connectivity index (χ2v) is 5.79. The predicted molar refractivity (Wildman–Crippen MR) is 95.1 cm³/mol. The summed E-state index contributed by atoms with van der Waals surface area (Å²) in [7, 11) is 0. The first kappa shape index (κ1) is 15.3. The molecule has 0 saturated heterocycles. The molecule has 0 radical (unpaired) electrons. The molecule has 0 aliphatic rings. The van der Waals surface area contributed by atoms with Crippen LogP contribution in [0.15, 0.2) is 83.3 Å². The van der Waals surface area contributed by atoms with E-state index in [1.165, 1.54) is 0 Å². The van der Waals surface area contributed by atoms with Gasteiger partial charge in [0.05, 0.1) is 5.69 Å². The second-order valence-electron chi connectivity index (χ2n) is 4.87. The minimum absolute atomic E-state index is 0.179. The van der Waals surface area contributed by atoms with Gasteiger partial charge in [-0.2, -0.15) is 0 Å². The molecule has 0 unspecified atom stereocenters. The van der Waals surface area contributed by atoms with Gasteiger partial charge >= 0.3 is 0 Å². The summed E-state index contributed by atoms with van der Waals surface area (Å²) >= 11 is 3.36. The van der Waals surface area contributed by atoms with E-state index in [9.17, 15) is 4.79 Å². The first-order valence-electron chi connectivity index (χ1n) is 7.11. The zero-order valence-corrected chi connectivity index (χ0v) is 13.8. The Morgan fingerprint density at radius 1 is 0.826 bits per heavy atom. The molecule has 3 nitrogen and oxygen atoms in total. The number of anilines is 1. The molecular formula is C19H14BrNO2. The van der Waals surface area contributed by atoms with Gasteiger partial charge in [0, 0.05) is 10.0 Å². The van der Waals surface area contributed by atoms with Crippen LogP contribution in [-0.2, 0) is 0 Å². The van der Waals surface area contributed by atoms with Crippen molar-refractivity contribution < 1.29 is 9.53 Å². The highest BCUT2D eigenvalue weighted by atomic mass is 79.9. The van der Waals surface area contributed by atoms with Crippen molar-refractivity contribution in [1.82, 2.24) is 0 Å². The third-order valence-corrected chi connectivity index (χ3v) is 3.74. The fourth-order valence-corrected chi connectivity index (χ4v) is 2.33. The van der Waals surface area contributed by atoms with Crippen LogP contribution in [0.25, 0.3) is 0 Å². The molecule has 3 rings (SSSR count). The van der Waals surface area contributed by atoms with Gasteiger partial charge in [-0.3, -0.25) is 4.79 Å². The van der Waals surface area contributed by atoms with Crippen molar-refractivity contribution in [2.24, 2.45) is 0 Å². The van der Waals surface area contributed by atoms with Gasteiger partial charge < -0.3 is 10.1 Å². The maximum atomic E-state index is 12.3. The van der Waals surface area contributed by atoms with Gasteiger partial charge in [0.2, 0.25) is 0 Å². The highest BCUT2D eigenvalue weighted by Crippen LogP contribution is 2.29. The molecule has 23 heavy (non-hydrogen) atoms. The van der Waals surface area contributed by atoms with Crippen LogP contribution in [0.3, 0.4) is 0 Å². The van der Waals surface area contributed by atoms with Crippen molar-refractivity contribution in [3.63, 3.8) is 0 Å². The van der Waals surface area contributed by atoms with E-state index in [-0.39, 0.29) is 5.91 Å². The number of hydrogen-bond acceptors (Lipinski definition) is 2. The maximum Gasteiger partial charge on any atom is 0.255 e. The number of para-hydroxylation sites is 3. The van der Waals surface area contributed by atoms with Crippen molar-refractivity contribution >= 4 is 27.5 Å². The third kappa shape index (κ3) is 3.99. The number of carbonyl (C=O) groups excluding carboxylic acids is 1. The van der Waals surface area contributed by atoms with Crippen LogP contribution in [0, 0.1) is 0 Å². The normalized spacial score (nSPS) is 10.1. The fourth-order valence-electron chi connectivity index (χ4n) is 2.07. The van der Waals surface area contributed by atoms with E-state index in [0.717, 1.165) is 10.2 Å². The van der Waals surface area contributed by atoms with Crippen LogP contribution < -0.4 is 10.1 Å². The number of benzene rings is 3. The van der Waals surface area contributed by atoms with Gasteiger partial charge in [-0.1, -0.05) is 46.3 Å². The molecule has 1 amide bonds. The maximum absolute atomic E-state index is 12.3. The Balaban J connectivity index is 1.80. The van der Waals surface area contributed by atoms with Gasteiger partial charge in [-0.05, 0) is 48.5 Å². The molecule has 0 spiro atoms. The Hall–Kier alpha value is -2.59. The molecule has 0 saturated carbocycles. The van der Waals surface area contributed by atoms with Crippen molar-refractivity contribution in [2.45, 2.75) is 0 Å². The molecule has 0 atom stereocenters. The van der Waals surface area contributed by atoms with Crippen LogP contribution in [0.5, 0.6) is 11.5 Å². The number of ether oxygens (including phenoxy) is 1.